The van der Waals surface area contributed by atoms with Crippen molar-refractivity contribution in [2.24, 2.45) is 40.4 Å². The second-order valence-corrected chi connectivity index (χ2v) is 29.1. The topological polar surface area (TPSA) is 330 Å². The molecule has 0 bridgehead atoms. The van der Waals surface area contributed by atoms with Crippen LogP contribution in [0.2, 0.25) is 0 Å². The van der Waals surface area contributed by atoms with E-state index in [2.05, 4.69) is 28.9 Å². The Balaban J connectivity index is 0.000000291. The molecule has 2 heterocycles. The summed E-state index contributed by atoms with van der Waals surface area (Å²) in [7, 11) is -8.95. The van der Waals surface area contributed by atoms with Crippen LogP contribution >= 0.6 is 15.3 Å². The van der Waals surface area contributed by atoms with E-state index in [1.807, 2.05) is 13.8 Å². The number of rotatable bonds is 36. The van der Waals surface area contributed by atoms with Crippen LogP contribution in [0.3, 0.4) is 0 Å². The zero-order chi connectivity index (χ0) is 75.9. The van der Waals surface area contributed by atoms with E-state index in [4.69, 9.17) is 48.5 Å². The van der Waals surface area contributed by atoms with E-state index in [9.17, 15) is 73.7 Å². The van der Waals surface area contributed by atoms with Crippen molar-refractivity contribution in [2.45, 2.75) is 139 Å². The molecule has 6 atom stereocenters. The molecule has 102 heavy (non-hydrogen) atoms. The predicted molar refractivity (Wildman–Crippen MR) is 364 cm³/mol. The van der Waals surface area contributed by atoms with Crippen LogP contribution in [-0.2, 0) is 51.8 Å². The van der Waals surface area contributed by atoms with Crippen LogP contribution in [0.25, 0.3) is 12.4 Å². The smallest absolute Gasteiger partial charge is 0.465 e. The molecule has 2 aliphatic rings. The number of nitrogens with two attached hydrogens (primary N) is 2. The number of halogens is 7. The monoisotopic (exact) mass is 1480 g/mol. The molecule has 3 aromatic carbocycles. The number of carbonyl (C=O) groups excluding carboxylic acids is 4. The van der Waals surface area contributed by atoms with Crippen molar-refractivity contribution < 1.29 is 101 Å². The fraction of sp³-hybridized carbons (Fsp3) is 0.507. The first-order valence-corrected chi connectivity index (χ1v) is 36.5. The average Bonchev–Trinajstić information content (AvgIpc) is 1.58. The van der Waals surface area contributed by atoms with Crippen LogP contribution in [0.4, 0.5) is 42.4 Å². The maximum Gasteiger partial charge on any atom is 0.513 e. The highest BCUT2D eigenvalue weighted by Gasteiger charge is 2.53. The van der Waals surface area contributed by atoms with Gasteiger partial charge in [0, 0.05) is 12.4 Å². The molecule has 2 saturated carbocycles. The SMILES string of the molecule is CC(C)C(=O)OCC1(CO)C/C1=C/n1cc(F)c(N)nc1=O.CCCC(CCC)COC(=O)[C@H](C)C[P@](=O)(OCC1(COC(=O)C(C)C)C/C1=C/n1cc(F)c(N)nc1=O)Oc1ccccc1.CCCC(CCC)COC(=O)[C@H](C)N[P@](=O)(Oc1ccccc1)Oc1c(F)c(F)c(F)c(F)c1F. The van der Waals surface area contributed by atoms with Gasteiger partial charge >= 0.3 is 50.6 Å². The van der Waals surface area contributed by atoms with Gasteiger partial charge in [0.05, 0.1) is 73.6 Å². The Morgan fingerprint density at radius 3 is 1.40 bits per heavy atom. The lowest BCUT2D eigenvalue weighted by molar-refractivity contribution is -0.150. The summed E-state index contributed by atoms with van der Waals surface area (Å²) < 4.78 is 169. The van der Waals surface area contributed by atoms with Gasteiger partial charge in [-0.05, 0) is 92.7 Å². The maximum absolute atomic E-state index is 14.3. The number of anilines is 2. The van der Waals surface area contributed by atoms with Gasteiger partial charge in [0.2, 0.25) is 34.8 Å². The normalized spacial score (nSPS) is 17.9. The molecule has 5 aromatic rings. The molecule has 6 N–H and O–H groups in total. The number of aliphatic hydroxyl groups excluding tert-OH is 1. The summed E-state index contributed by atoms with van der Waals surface area (Å²) in [5.74, 6) is -19.3. The number of hydrogen-bond donors (Lipinski definition) is 4. The van der Waals surface area contributed by atoms with Crippen molar-refractivity contribution in [2.75, 3.05) is 57.3 Å². The fourth-order valence-corrected chi connectivity index (χ4v) is 13.4. The zero-order valence-corrected chi connectivity index (χ0v) is 60.3. The number of nitrogens with one attached hydrogen (secondary N) is 1. The van der Waals surface area contributed by atoms with Crippen molar-refractivity contribution in [1.29, 1.82) is 0 Å². The van der Waals surface area contributed by atoms with E-state index in [1.54, 1.807) is 71.0 Å². The quantitative estimate of drug-likeness (QED) is 0.00723. The molecule has 0 amide bonds. The lowest BCUT2D eigenvalue weighted by Gasteiger charge is -2.25. The van der Waals surface area contributed by atoms with Crippen molar-refractivity contribution in [3.8, 4) is 17.2 Å². The Bertz CT molecular complexity index is 3920. The highest BCUT2D eigenvalue weighted by Crippen LogP contribution is 2.58. The van der Waals surface area contributed by atoms with Gasteiger partial charge in [-0.2, -0.15) is 23.8 Å². The first-order chi connectivity index (χ1) is 48.1. The average molecular weight is 1480 g/mol. The largest absolute Gasteiger partial charge is 0.513 e. The number of aromatic nitrogens is 4. The highest BCUT2D eigenvalue weighted by atomic mass is 31.2. The molecular weight excluding hydrogens is 1390 g/mol. The summed E-state index contributed by atoms with van der Waals surface area (Å²) in [5, 5.41) is 11.6. The first-order valence-electron chi connectivity index (χ1n) is 33.2. The first kappa shape index (κ1) is 84.3. The number of aliphatic hydroxyl groups is 1. The Hall–Kier alpha value is -8.37. The Morgan fingerprint density at radius 2 is 0.971 bits per heavy atom. The van der Waals surface area contributed by atoms with Gasteiger partial charge < -0.3 is 49.1 Å². The van der Waals surface area contributed by atoms with Crippen LogP contribution < -0.4 is 41.5 Å². The van der Waals surface area contributed by atoms with E-state index < -0.39 is 131 Å². The summed E-state index contributed by atoms with van der Waals surface area (Å²) >= 11 is 0. The number of esters is 4. The Labute approximate surface area is 586 Å². The number of carbonyl (C=O) groups is 4. The fourth-order valence-electron chi connectivity index (χ4n) is 9.95. The molecule has 0 radical (unpaired) electrons. The minimum absolute atomic E-state index is 0.0198. The van der Waals surface area contributed by atoms with E-state index in [0.29, 0.717) is 17.6 Å². The van der Waals surface area contributed by atoms with Crippen molar-refractivity contribution in [1.82, 2.24) is 24.2 Å². The number of ether oxygens (including phenoxy) is 4. The summed E-state index contributed by atoms with van der Waals surface area (Å²) in [4.78, 5) is 80.0. The number of nitrogens with zero attached hydrogens (tertiary/aromatic N) is 4. The number of hydrogen-bond acceptors (Lipinski definition) is 21. The Morgan fingerprint density at radius 1 is 0.569 bits per heavy atom. The van der Waals surface area contributed by atoms with Crippen LogP contribution in [-0.4, -0.2) is 99.9 Å². The maximum atomic E-state index is 14.3. The van der Waals surface area contributed by atoms with E-state index in [0.717, 1.165) is 72.9 Å². The van der Waals surface area contributed by atoms with Gasteiger partial charge in [-0.25, -0.2) is 40.7 Å². The van der Waals surface area contributed by atoms with Crippen molar-refractivity contribution in [3.05, 3.63) is 146 Å². The van der Waals surface area contributed by atoms with Crippen LogP contribution in [0.1, 0.15) is 133 Å². The van der Waals surface area contributed by atoms with Crippen LogP contribution in [0, 0.1) is 81.1 Å². The minimum atomic E-state index is -4.94. The minimum Gasteiger partial charge on any atom is -0.465 e. The zero-order valence-electron chi connectivity index (χ0n) is 58.5. The van der Waals surface area contributed by atoms with Gasteiger partial charge in [-0.1, -0.05) is 124 Å². The highest BCUT2D eigenvalue weighted by molar-refractivity contribution is 7.54. The lowest BCUT2D eigenvalue weighted by atomic mass is 9.99. The summed E-state index contributed by atoms with van der Waals surface area (Å²) in [6.45, 7) is 17.6. The molecule has 33 heteroatoms. The van der Waals surface area contributed by atoms with Gasteiger partial charge in [0.25, 0.3) is 0 Å². The molecule has 0 saturated heterocycles. The third-order valence-corrected chi connectivity index (χ3v) is 19.6. The molecule has 24 nitrogen and oxygen atoms in total. The summed E-state index contributed by atoms with van der Waals surface area (Å²) in [6, 6.07) is 14.2. The van der Waals surface area contributed by atoms with Crippen LogP contribution in [0.15, 0.2) is 93.8 Å². The van der Waals surface area contributed by atoms with E-state index in [-0.39, 0.29) is 87.4 Å². The second kappa shape index (κ2) is 38.8. The molecule has 2 aliphatic carbocycles. The number of nitrogen functional groups attached to an aromatic ring is 2. The molecule has 0 aliphatic heterocycles. The van der Waals surface area contributed by atoms with E-state index in [1.165, 1.54) is 43.6 Å². The van der Waals surface area contributed by atoms with Gasteiger partial charge in [-0.15, -0.1) is 0 Å². The standard InChI is InChI=1S/C32H45FN3O8P.C23H27F5NO5P.C14H18FN3O4/c1-6-11-24(12-7-2)18-41-30(38)23(5)19-45(40,44-26-13-9-8-10-14-26)43-21-32(20-42-29(37)22(3)4)15-25(32)16-36-17-27(33)28(34)35-31(36)39;1-4-9-15(10-5-2)13-32-23(30)14(3)29-35(31,33-16-11-7-6-8-12-16)34-22-20(27)18(25)17(24)19(26)21(22)28;1-8(2)12(20)22-7-14(6-19)3-9(14)4-18-5-10(15)11(16)17-13(18)21/h8-10,13-14,16-17,22-24H,6-7,11-12,15,18-21H2,1-5H3,(H2,34,35,39);6-8,11-12,14-15H,4-5,9-10,13H2,1-3H3,(H,29,31);4-5,8,19H,3,6-7H2,1-2H3,(H2,16,17,21)/b25-16-;;9-4-/t23-,32?,45+;14-,35-;/m10./s1. The summed E-state index contributed by atoms with van der Waals surface area (Å²) in [6.07, 6.45) is 12.3. The third-order valence-electron chi connectivity index (χ3n) is 16.0. The summed E-state index contributed by atoms with van der Waals surface area (Å²) in [5.41, 5.74) is 8.66. The second-order valence-electron chi connectivity index (χ2n) is 25.5. The third kappa shape index (κ3) is 24.7. The van der Waals surface area contributed by atoms with Crippen molar-refractivity contribution in [3.63, 3.8) is 0 Å². The van der Waals surface area contributed by atoms with E-state index >= 15 is 0 Å². The van der Waals surface area contributed by atoms with Gasteiger partial charge in [0.1, 0.15) is 30.8 Å². The molecule has 2 unspecified atom stereocenters. The molecule has 2 aromatic heterocycles. The molecule has 0 spiro atoms. The molecule has 7 rings (SSSR count). The number of benzene rings is 3. The number of para-hydroxylation sites is 2. The Kier molecular flexibility index (Phi) is 32.0. The van der Waals surface area contributed by atoms with Gasteiger partial charge in [0.15, 0.2) is 23.3 Å². The lowest BCUT2D eigenvalue weighted by Crippen LogP contribution is -2.36. The van der Waals surface area contributed by atoms with Crippen LogP contribution in [0.5, 0.6) is 17.2 Å². The molecule has 2 fully saturated rings. The molecule has 562 valence electrons. The van der Waals surface area contributed by atoms with Gasteiger partial charge in [-0.3, -0.25) is 32.8 Å². The van der Waals surface area contributed by atoms with Crippen molar-refractivity contribution >= 4 is 63.3 Å². The molecular formula is C69H90F7N7O17P2. The predicted octanol–water partition coefficient (Wildman–Crippen LogP) is 13.2.